The number of fused-ring (bicyclic) bond motifs is 1. The lowest BCUT2D eigenvalue weighted by Gasteiger charge is -2.34. The fourth-order valence-electron chi connectivity index (χ4n) is 4.43. The third-order valence-corrected chi connectivity index (χ3v) is 5.70. The lowest BCUT2D eigenvalue weighted by molar-refractivity contribution is -0.134. The van der Waals surface area contributed by atoms with Gasteiger partial charge in [-0.2, -0.15) is 0 Å². The van der Waals surface area contributed by atoms with Gasteiger partial charge in [0.2, 0.25) is 18.4 Å². The van der Waals surface area contributed by atoms with E-state index in [2.05, 4.69) is 0 Å². The molecule has 4 rings (SSSR count). The fraction of sp³-hybridized carbons (Fsp3) is 0.650. The molecule has 1 N–H and O–H groups in total. The summed E-state index contributed by atoms with van der Waals surface area (Å²) in [5, 5.41) is 10.5. The number of benzene rings is 1. The smallest absolute Gasteiger partial charge is 0.237 e. The number of carbonyl (C=O) groups is 1. The van der Waals surface area contributed by atoms with Crippen LogP contribution in [0, 0.1) is 0 Å². The third kappa shape index (κ3) is 3.99. The summed E-state index contributed by atoms with van der Waals surface area (Å²) in [7, 11) is 1.60. The van der Waals surface area contributed by atoms with E-state index in [9.17, 15) is 9.90 Å². The molecule has 27 heavy (non-hydrogen) atoms. The Bertz CT molecular complexity index is 689. The van der Waals surface area contributed by atoms with Gasteiger partial charge in [-0.3, -0.25) is 9.69 Å². The average Bonchev–Trinajstić information content (AvgIpc) is 3.09. The Balaban J connectivity index is 1.47. The van der Waals surface area contributed by atoms with Gasteiger partial charge in [0.1, 0.15) is 0 Å². The fourth-order valence-corrected chi connectivity index (χ4v) is 4.43. The molecule has 148 valence electrons. The number of amides is 1. The van der Waals surface area contributed by atoms with Crippen LogP contribution in [0.2, 0.25) is 0 Å². The highest BCUT2D eigenvalue weighted by atomic mass is 16.7. The molecule has 1 amide bonds. The normalized spacial score (nSPS) is 24.1. The van der Waals surface area contributed by atoms with Gasteiger partial charge in [0, 0.05) is 25.7 Å². The highest BCUT2D eigenvalue weighted by Gasteiger charge is 2.32. The molecule has 2 aliphatic heterocycles. The average molecular weight is 376 g/mol. The summed E-state index contributed by atoms with van der Waals surface area (Å²) in [6.45, 7) is 1.97. The van der Waals surface area contributed by atoms with Crippen molar-refractivity contribution in [1.82, 2.24) is 9.80 Å². The van der Waals surface area contributed by atoms with E-state index in [-0.39, 0.29) is 18.7 Å². The van der Waals surface area contributed by atoms with Gasteiger partial charge < -0.3 is 24.2 Å². The van der Waals surface area contributed by atoms with E-state index >= 15 is 0 Å². The Kier molecular flexibility index (Phi) is 5.41. The maximum absolute atomic E-state index is 12.9. The summed E-state index contributed by atoms with van der Waals surface area (Å²) in [5.74, 6) is 2.03. The number of nitrogens with zero attached hydrogens (tertiary/aromatic N) is 2. The zero-order valence-electron chi connectivity index (χ0n) is 15.9. The first-order chi connectivity index (χ1) is 13.1. The van der Waals surface area contributed by atoms with Crippen molar-refractivity contribution in [2.75, 3.05) is 33.5 Å². The standard InChI is InChI=1S/C20H28N2O5/c1-25-17-7-14(8-18-20(17)27-13-26-18)9-21-10-16(23)11-22(19(24)12-21)15-5-3-2-4-6-15/h7-8,15-16,23H,2-6,9-13H2,1H3/t16-/m1/s1. The molecular formula is C20H28N2O5. The van der Waals surface area contributed by atoms with Gasteiger partial charge >= 0.3 is 0 Å². The molecule has 1 atom stereocenters. The number of aliphatic hydroxyl groups is 1. The molecule has 1 saturated carbocycles. The summed E-state index contributed by atoms with van der Waals surface area (Å²) in [6.07, 6.45) is 5.17. The van der Waals surface area contributed by atoms with Gasteiger partial charge in [-0.15, -0.1) is 0 Å². The van der Waals surface area contributed by atoms with Crippen molar-refractivity contribution in [2.24, 2.45) is 0 Å². The van der Waals surface area contributed by atoms with E-state index in [1.165, 1.54) is 19.3 Å². The monoisotopic (exact) mass is 376 g/mol. The van der Waals surface area contributed by atoms with Crippen molar-refractivity contribution >= 4 is 5.91 Å². The molecule has 1 aliphatic carbocycles. The summed E-state index contributed by atoms with van der Waals surface area (Å²) in [6, 6.07) is 4.12. The lowest BCUT2D eigenvalue weighted by Crippen LogP contribution is -2.45. The van der Waals surface area contributed by atoms with Gasteiger partial charge in [-0.25, -0.2) is 0 Å². The van der Waals surface area contributed by atoms with Crippen molar-refractivity contribution in [1.29, 1.82) is 0 Å². The summed E-state index contributed by atoms with van der Waals surface area (Å²) < 4.78 is 16.3. The maximum atomic E-state index is 12.9. The van der Waals surface area contributed by atoms with E-state index < -0.39 is 6.10 Å². The predicted octanol–water partition coefficient (Wildman–Crippen LogP) is 1.76. The van der Waals surface area contributed by atoms with Crippen LogP contribution in [0.1, 0.15) is 37.7 Å². The first-order valence-corrected chi connectivity index (χ1v) is 9.80. The minimum absolute atomic E-state index is 0.117. The van der Waals surface area contributed by atoms with Gasteiger partial charge in [-0.05, 0) is 30.5 Å². The molecule has 0 spiro atoms. The topological polar surface area (TPSA) is 71.5 Å². The van der Waals surface area contributed by atoms with E-state index in [1.54, 1.807) is 7.11 Å². The molecule has 0 unspecified atom stereocenters. The summed E-state index contributed by atoms with van der Waals surface area (Å²) in [4.78, 5) is 16.8. The van der Waals surface area contributed by atoms with Gasteiger partial charge in [0.25, 0.3) is 0 Å². The molecule has 3 aliphatic rings. The number of hydrogen-bond acceptors (Lipinski definition) is 6. The van der Waals surface area contributed by atoms with E-state index in [0.29, 0.717) is 43.4 Å². The zero-order chi connectivity index (χ0) is 18.8. The van der Waals surface area contributed by atoms with Crippen LogP contribution in [-0.2, 0) is 11.3 Å². The Morgan fingerprint density at radius 1 is 1.19 bits per heavy atom. The highest BCUT2D eigenvalue weighted by molar-refractivity contribution is 5.79. The molecule has 1 saturated heterocycles. The second-order valence-electron chi connectivity index (χ2n) is 7.69. The van der Waals surface area contributed by atoms with E-state index in [0.717, 1.165) is 18.4 Å². The van der Waals surface area contributed by atoms with Crippen LogP contribution < -0.4 is 14.2 Å². The minimum atomic E-state index is -0.533. The molecule has 7 nitrogen and oxygen atoms in total. The van der Waals surface area contributed by atoms with Crippen molar-refractivity contribution in [3.05, 3.63) is 17.7 Å². The molecule has 1 aromatic rings. The van der Waals surface area contributed by atoms with Gasteiger partial charge in [0.05, 0.1) is 19.8 Å². The Morgan fingerprint density at radius 3 is 2.78 bits per heavy atom. The molecular weight excluding hydrogens is 348 g/mol. The van der Waals surface area contributed by atoms with Crippen LogP contribution in [0.3, 0.4) is 0 Å². The number of hydrogen-bond donors (Lipinski definition) is 1. The SMILES string of the molecule is COc1cc(CN2CC(=O)N(C3CCCCC3)C[C@H](O)C2)cc2c1OCO2. The number of rotatable bonds is 4. The molecule has 7 heteroatoms. The van der Waals surface area contributed by atoms with E-state index in [4.69, 9.17) is 14.2 Å². The third-order valence-electron chi connectivity index (χ3n) is 5.70. The van der Waals surface area contributed by atoms with Crippen LogP contribution >= 0.6 is 0 Å². The van der Waals surface area contributed by atoms with Crippen molar-refractivity contribution in [2.45, 2.75) is 50.8 Å². The molecule has 1 aromatic carbocycles. The van der Waals surface area contributed by atoms with Gasteiger partial charge in [-0.1, -0.05) is 19.3 Å². The molecule has 2 fully saturated rings. The zero-order valence-corrected chi connectivity index (χ0v) is 15.9. The summed E-state index contributed by atoms with van der Waals surface area (Å²) >= 11 is 0. The molecule has 0 radical (unpaired) electrons. The van der Waals surface area contributed by atoms with Crippen molar-refractivity contribution in [3.8, 4) is 17.2 Å². The van der Waals surface area contributed by atoms with Crippen LogP contribution in [0.15, 0.2) is 12.1 Å². The number of methoxy groups -OCH3 is 1. The van der Waals surface area contributed by atoms with Crippen LogP contribution in [0.25, 0.3) is 0 Å². The van der Waals surface area contributed by atoms with Crippen molar-refractivity contribution < 1.29 is 24.1 Å². The molecule has 0 bridgehead atoms. The van der Waals surface area contributed by atoms with Crippen molar-refractivity contribution in [3.63, 3.8) is 0 Å². The number of ether oxygens (including phenoxy) is 3. The number of aliphatic hydroxyl groups excluding tert-OH is 1. The Morgan fingerprint density at radius 2 is 2.00 bits per heavy atom. The second-order valence-corrected chi connectivity index (χ2v) is 7.69. The maximum Gasteiger partial charge on any atom is 0.237 e. The molecule has 2 heterocycles. The van der Waals surface area contributed by atoms with Crippen LogP contribution in [0.5, 0.6) is 17.2 Å². The summed E-state index contributed by atoms with van der Waals surface area (Å²) in [5.41, 5.74) is 0.974. The van der Waals surface area contributed by atoms with Crippen LogP contribution in [-0.4, -0.2) is 66.5 Å². The molecule has 0 aromatic heterocycles. The quantitative estimate of drug-likeness (QED) is 0.864. The van der Waals surface area contributed by atoms with Crippen LogP contribution in [0.4, 0.5) is 0 Å². The number of carbonyl (C=O) groups excluding carboxylic acids is 1. The Labute approximate surface area is 159 Å². The largest absolute Gasteiger partial charge is 0.493 e. The first-order valence-electron chi connectivity index (χ1n) is 9.80. The first kappa shape index (κ1) is 18.4. The highest BCUT2D eigenvalue weighted by Crippen LogP contribution is 2.42. The number of β-amino-alcohol motifs (C(OH)–C–C–N with tert-alkyl or cyclic N) is 1. The van der Waals surface area contributed by atoms with E-state index in [1.807, 2.05) is 21.9 Å². The second kappa shape index (κ2) is 7.94. The minimum Gasteiger partial charge on any atom is -0.493 e. The van der Waals surface area contributed by atoms with Gasteiger partial charge in [0.15, 0.2) is 11.5 Å². The Hall–Kier alpha value is -1.99. The predicted molar refractivity (Wildman–Crippen MR) is 99.0 cm³/mol. The lowest BCUT2D eigenvalue weighted by atomic mass is 9.94.